The number of ketones is 2. The van der Waals surface area contributed by atoms with Crippen molar-refractivity contribution in [1.82, 2.24) is 0 Å². The molecule has 0 heterocycles. The fourth-order valence-electron chi connectivity index (χ4n) is 1.62. The lowest BCUT2D eigenvalue weighted by Crippen LogP contribution is -2.17. The molecule has 108 valence electrons. The number of hydrogen-bond donors (Lipinski definition) is 0. The van der Waals surface area contributed by atoms with E-state index in [-0.39, 0.29) is 24.7 Å². The Hall–Kier alpha value is -1.97. The van der Waals surface area contributed by atoms with Gasteiger partial charge in [-0.2, -0.15) is 0 Å². The lowest BCUT2D eigenvalue weighted by Gasteiger charge is -2.05. The minimum atomic E-state index is -0.828. The van der Waals surface area contributed by atoms with E-state index in [1.54, 1.807) is 0 Å². The molecule has 1 aromatic rings. The molecule has 0 fully saturated rings. The largest absolute Gasteiger partial charge is 0.455 e. The Morgan fingerprint density at radius 3 is 2.30 bits per heavy atom. The first-order valence-electron chi connectivity index (χ1n) is 6.77. The molecule has 4 nitrogen and oxygen atoms in total. The second-order valence-electron chi connectivity index (χ2n) is 4.96. The first kappa shape index (κ1) is 16.1. The Morgan fingerprint density at radius 2 is 1.70 bits per heavy atom. The number of Topliss-reactive ketones (excluding diaryl/α,β-unsaturated/α-hetero) is 2. The molecular formula is C16H20O4. The summed E-state index contributed by atoms with van der Waals surface area (Å²) in [5.41, 5.74) is 0.837. The van der Waals surface area contributed by atoms with Crippen molar-refractivity contribution >= 4 is 17.5 Å². The summed E-state index contributed by atoms with van der Waals surface area (Å²) in [4.78, 5) is 34.4. The predicted molar refractivity (Wildman–Crippen MR) is 74.9 cm³/mol. The zero-order valence-electron chi connectivity index (χ0n) is 11.9. The Bertz CT molecular complexity index is 463. The van der Waals surface area contributed by atoms with Crippen LogP contribution in [0.3, 0.4) is 0 Å². The average Bonchev–Trinajstić information content (AvgIpc) is 2.45. The number of benzene rings is 1. The van der Waals surface area contributed by atoms with Crippen LogP contribution < -0.4 is 0 Å². The summed E-state index contributed by atoms with van der Waals surface area (Å²) in [6, 6.07) is 9.17. The maximum atomic E-state index is 11.5. The van der Waals surface area contributed by atoms with Crippen molar-refractivity contribution in [1.29, 1.82) is 0 Å². The third-order valence-electron chi connectivity index (χ3n) is 2.91. The van der Waals surface area contributed by atoms with Gasteiger partial charge in [-0.05, 0) is 12.0 Å². The first-order chi connectivity index (χ1) is 9.50. The van der Waals surface area contributed by atoms with Crippen LogP contribution in [-0.2, 0) is 25.7 Å². The van der Waals surface area contributed by atoms with Crippen molar-refractivity contribution in [2.75, 3.05) is 0 Å². The molecule has 0 aliphatic rings. The summed E-state index contributed by atoms with van der Waals surface area (Å²) in [5.74, 6) is -1.33. The maximum Gasteiger partial charge on any atom is 0.374 e. The molecule has 0 amide bonds. The van der Waals surface area contributed by atoms with E-state index in [0.717, 1.165) is 5.56 Å². The quantitative estimate of drug-likeness (QED) is 0.541. The minimum Gasteiger partial charge on any atom is -0.455 e. The van der Waals surface area contributed by atoms with Crippen LogP contribution >= 0.6 is 0 Å². The lowest BCUT2D eigenvalue weighted by molar-refractivity contribution is -0.155. The van der Waals surface area contributed by atoms with E-state index in [9.17, 15) is 14.4 Å². The second kappa shape index (κ2) is 8.25. The van der Waals surface area contributed by atoms with E-state index in [4.69, 9.17) is 4.74 Å². The Balaban J connectivity index is 2.26. The van der Waals surface area contributed by atoms with Gasteiger partial charge in [0.05, 0.1) is 0 Å². The molecule has 0 bridgehead atoms. The molecule has 0 aliphatic carbocycles. The molecule has 1 aromatic carbocycles. The third-order valence-corrected chi connectivity index (χ3v) is 2.91. The molecule has 20 heavy (non-hydrogen) atoms. The van der Waals surface area contributed by atoms with Gasteiger partial charge in [0.25, 0.3) is 0 Å². The van der Waals surface area contributed by atoms with Gasteiger partial charge in [0.15, 0.2) is 0 Å². The highest BCUT2D eigenvalue weighted by Gasteiger charge is 2.16. The van der Waals surface area contributed by atoms with E-state index < -0.39 is 11.8 Å². The first-order valence-corrected chi connectivity index (χ1v) is 6.77. The van der Waals surface area contributed by atoms with Gasteiger partial charge < -0.3 is 4.74 Å². The van der Waals surface area contributed by atoms with Crippen LogP contribution in [0.4, 0.5) is 0 Å². The van der Waals surface area contributed by atoms with Gasteiger partial charge in [-0.15, -0.1) is 0 Å². The summed E-state index contributed by atoms with van der Waals surface area (Å²) in [6.07, 6.45) is 0.789. The van der Waals surface area contributed by atoms with Crippen molar-refractivity contribution in [3.05, 3.63) is 35.9 Å². The van der Waals surface area contributed by atoms with Gasteiger partial charge in [-0.1, -0.05) is 44.2 Å². The molecule has 4 heteroatoms. The lowest BCUT2D eigenvalue weighted by atomic mass is 10.0. The summed E-state index contributed by atoms with van der Waals surface area (Å²) in [7, 11) is 0. The van der Waals surface area contributed by atoms with Gasteiger partial charge in [0.1, 0.15) is 12.4 Å². The zero-order valence-corrected chi connectivity index (χ0v) is 11.9. The minimum absolute atomic E-state index is 0.0323. The normalized spacial score (nSPS) is 10.3. The smallest absolute Gasteiger partial charge is 0.374 e. The van der Waals surface area contributed by atoms with Crippen LogP contribution in [0, 0.1) is 5.92 Å². The summed E-state index contributed by atoms with van der Waals surface area (Å²) < 4.78 is 4.92. The zero-order chi connectivity index (χ0) is 15.0. The number of carbonyl (C=O) groups excluding carboxylic acids is 3. The summed E-state index contributed by atoms with van der Waals surface area (Å²) in [5, 5.41) is 0. The molecule has 0 unspecified atom stereocenters. The summed E-state index contributed by atoms with van der Waals surface area (Å²) >= 11 is 0. The highest BCUT2D eigenvalue weighted by Crippen LogP contribution is 2.06. The molecule has 0 saturated heterocycles. The van der Waals surface area contributed by atoms with Gasteiger partial charge in [-0.25, -0.2) is 4.79 Å². The standard InChI is InChI=1S/C16H20O4/c1-12(2)14(17)9-6-10-15(18)16(19)20-11-13-7-4-3-5-8-13/h3-5,7-8,12H,6,9-11H2,1-2H3. The van der Waals surface area contributed by atoms with Crippen LogP contribution in [0.1, 0.15) is 38.7 Å². The fourth-order valence-corrected chi connectivity index (χ4v) is 1.62. The molecule has 0 atom stereocenters. The molecule has 0 spiro atoms. The van der Waals surface area contributed by atoms with Crippen molar-refractivity contribution in [2.24, 2.45) is 5.92 Å². The number of hydrogen-bond acceptors (Lipinski definition) is 4. The number of ether oxygens (including phenoxy) is 1. The molecule has 0 radical (unpaired) electrons. The van der Waals surface area contributed by atoms with Crippen LogP contribution in [0.2, 0.25) is 0 Å². The van der Waals surface area contributed by atoms with Crippen molar-refractivity contribution in [3.63, 3.8) is 0 Å². The highest BCUT2D eigenvalue weighted by molar-refractivity contribution is 6.33. The van der Waals surface area contributed by atoms with Gasteiger partial charge in [0, 0.05) is 18.8 Å². The van der Waals surface area contributed by atoms with Crippen molar-refractivity contribution in [2.45, 2.75) is 39.7 Å². The molecular weight excluding hydrogens is 256 g/mol. The van der Waals surface area contributed by atoms with Crippen LogP contribution in [0.25, 0.3) is 0 Å². The van der Waals surface area contributed by atoms with Crippen LogP contribution in [0.15, 0.2) is 30.3 Å². The van der Waals surface area contributed by atoms with Gasteiger partial charge >= 0.3 is 5.97 Å². The monoisotopic (exact) mass is 276 g/mol. The van der Waals surface area contributed by atoms with Gasteiger partial charge in [0.2, 0.25) is 5.78 Å². The molecule has 0 saturated carbocycles. The second-order valence-corrected chi connectivity index (χ2v) is 4.96. The molecule has 0 N–H and O–H groups in total. The average molecular weight is 276 g/mol. The molecule has 0 aromatic heterocycles. The van der Waals surface area contributed by atoms with E-state index in [0.29, 0.717) is 12.8 Å². The number of rotatable bonds is 8. The van der Waals surface area contributed by atoms with E-state index in [1.165, 1.54) is 0 Å². The van der Waals surface area contributed by atoms with Gasteiger partial charge in [-0.3, -0.25) is 9.59 Å². The number of esters is 1. The van der Waals surface area contributed by atoms with E-state index >= 15 is 0 Å². The number of carbonyl (C=O) groups is 3. The van der Waals surface area contributed by atoms with Crippen molar-refractivity contribution in [3.8, 4) is 0 Å². The summed E-state index contributed by atoms with van der Waals surface area (Å²) in [6.45, 7) is 3.73. The van der Waals surface area contributed by atoms with E-state index in [1.807, 2.05) is 44.2 Å². The molecule has 0 aliphatic heterocycles. The van der Waals surface area contributed by atoms with Crippen molar-refractivity contribution < 1.29 is 19.1 Å². The van der Waals surface area contributed by atoms with Crippen LogP contribution in [-0.4, -0.2) is 17.5 Å². The van der Waals surface area contributed by atoms with Crippen LogP contribution in [0.5, 0.6) is 0 Å². The Morgan fingerprint density at radius 1 is 1.05 bits per heavy atom. The SMILES string of the molecule is CC(C)C(=O)CCCC(=O)C(=O)OCc1ccccc1. The predicted octanol–water partition coefficient (Wildman–Crippen LogP) is 2.69. The third kappa shape index (κ3) is 5.78. The highest BCUT2D eigenvalue weighted by atomic mass is 16.5. The van der Waals surface area contributed by atoms with E-state index in [2.05, 4.69) is 0 Å². The fraction of sp³-hybridized carbons (Fsp3) is 0.438. The molecule has 1 rings (SSSR count). The Labute approximate surface area is 119 Å². The maximum absolute atomic E-state index is 11.5. The Kier molecular flexibility index (Phi) is 6.64. The topological polar surface area (TPSA) is 60.4 Å².